The molecule has 0 aromatic heterocycles. The summed E-state index contributed by atoms with van der Waals surface area (Å²) in [6, 6.07) is 20.7. The molecule has 6 nitrogen and oxygen atoms in total. The van der Waals surface area contributed by atoms with Crippen LogP contribution in [0.15, 0.2) is 77.7 Å². The van der Waals surface area contributed by atoms with Gasteiger partial charge in [-0.3, -0.25) is 9.52 Å². The molecular weight excluding hydrogens is 412 g/mol. The lowest BCUT2D eigenvalue weighted by molar-refractivity contribution is -0.118. The lowest BCUT2D eigenvalue weighted by Crippen LogP contribution is -2.20. The summed E-state index contributed by atoms with van der Waals surface area (Å²) in [6.07, 6.45) is 0. The highest BCUT2D eigenvalue weighted by molar-refractivity contribution is 7.92. The first-order valence-corrected chi connectivity index (χ1v) is 11.4. The maximum Gasteiger partial charge on any atom is 0.262 e. The van der Waals surface area contributed by atoms with Gasteiger partial charge in [0.1, 0.15) is 5.75 Å². The molecule has 2 N–H and O–H groups in total. The minimum absolute atomic E-state index is 0.107. The Balaban J connectivity index is 1.55. The van der Waals surface area contributed by atoms with E-state index in [1.54, 1.807) is 12.1 Å². The Morgan fingerprint density at radius 1 is 0.871 bits per heavy atom. The van der Waals surface area contributed by atoms with Gasteiger partial charge in [0.2, 0.25) is 0 Å². The molecule has 31 heavy (non-hydrogen) atoms. The Bertz CT molecular complexity index is 1120. The lowest BCUT2D eigenvalue weighted by Gasteiger charge is -2.11. The summed E-state index contributed by atoms with van der Waals surface area (Å²) < 4.78 is 33.0. The van der Waals surface area contributed by atoms with Crippen LogP contribution in [0.25, 0.3) is 0 Å². The van der Waals surface area contributed by atoms with Gasteiger partial charge in [0.25, 0.3) is 15.9 Å². The zero-order valence-electron chi connectivity index (χ0n) is 17.8. The summed E-state index contributed by atoms with van der Waals surface area (Å²) in [5.74, 6) is 0.529. The van der Waals surface area contributed by atoms with Crippen molar-refractivity contribution < 1.29 is 17.9 Å². The summed E-state index contributed by atoms with van der Waals surface area (Å²) in [7, 11) is -3.71. The average molecular weight is 439 g/mol. The van der Waals surface area contributed by atoms with E-state index in [4.69, 9.17) is 4.74 Å². The van der Waals surface area contributed by atoms with Gasteiger partial charge >= 0.3 is 0 Å². The standard InChI is InChI=1S/C24H26N2O4S/c1-17(2)19-6-10-20(11-7-19)25-24(27)16-30-22-12-14-23(15-13-22)31(28,29)26-21-8-4-18(3)5-9-21/h4-15,17,26H,16H2,1-3H3,(H,25,27). The lowest BCUT2D eigenvalue weighted by atomic mass is 10.0. The predicted molar refractivity (Wildman–Crippen MR) is 123 cm³/mol. The smallest absolute Gasteiger partial charge is 0.262 e. The quantitative estimate of drug-likeness (QED) is 0.522. The van der Waals surface area contributed by atoms with Crippen molar-refractivity contribution >= 4 is 27.3 Å². The van der Waals surface area contributed by atoms with Crippen LogP contribution in [0.1, 0.15) is 30.9 Å². The number of carbonyl (C=O) groups excluding carboxylic acids is 1. The number of nitrogens with one attached hydrogen (secondary N) is 2. The van der Waals surface area contributed by atoms with Crippen LogP contribution in [0, 0.1) is 6.92 Å². The van der Waals surface area contributed by atoms with Crippen LogP contribution in [-0.4, -0.2) is 20.9 Å². The number of benzene rings is 3. The van der Waals surface area contributed by atoms with Crippen molar-refractivity contribution in [1.29, 1.82) is 0 Å². The van der Waals surface area contributed by atoms with Gasteiger partial charge in [0.05, 0.1) is 4.90 Å². The number of carbonyl (C=O) groups is 1. The summed E-state index contributed by atoms with van der Waals surface area (Å²) in [5, 5.41) is 2.78. The molecule has 1 amide bonds. The Morgan fingerprint density at radius 3 is 2.03 bits per heavy atom. The maximum atomic E-state index is 12.5. The van der Waals surface area contributed by atoms with Gasteiger partial charge < -0.3 is 10.1 Å². The molecule has 0 saturated carbocycles. The summed E-state index contributed by atoms with van der Waals surface area (Å²) in [4.78, 5) is 12.2. The summed E-state index contributed by atoms with van der Waals surface area (Å²) >= 11 is 0. The first-order valence-electron chi connectivity index (χ1n) is 9.95. The van der Waals surface area contributed by atoms with Crippen LogP contribution in [0.2, 0.25) is 0 Å². The van der Waals surface area contributed by atoms with Gasteiger partial charge in [0, 0.05) is 11.4 Å². The molecular formula is C24H26N2O4S. The maximum absolute atomic E-state index is 12.5. The molecule has 0 saturated heterocycles. The minimum Gasteiger partial charge on any atom is -0.484 e. The third-order valence-corrected chi connectivity index (χ3v) is 6.07. The second-order valence-corrected chi connectivity index (χ2v) is 9.24. The van der Waals surface area contributed by atoms with Crippen molar-refractivity contribution in [1.82, 2.24) is 0 Å². The monoisotopic (exact) mass is 438 g/mol. The van der Waals surface area contributed by atoms with Crippen molar-refractivity contribution in [2.75, 3.05) is 16.6 Å². The van der Waals surface area contributed by atoms with Gasteiger partial charge in [-0.2, -0.15) is 0 Å². The van der Waals surface area contributed by atoms with E-state index < -0.39 is 10.0 Å². The van der Waals surface area contributed by atoms with Gasteiger partial charge in [-0.1, -0.05) is 43.7 Å². The van der Waals surface area contributed by atoms with Gasteiger partial charge in [-0.25, -0.2) is 8.42 Å². The molecule has 0 radical (unpaired) electrons. The normalized spacial score (nSPS) is 11.2. The average Bonchev–Trinajstić information content (AvgIpc) is 2.74. The largest absolute Gasteiger partial charge is 0.484 e. The SMILES string of the molecule is Cc1ccc(NS(=O)(=O)c2ccc(OCC(=O)Nc3ccc(C(C)C)cc3)cc2)cc1. The molecule has 0 aliphatic heterocycles. The number of anilines is 2. The van der Waals surface area contributed by atoms with Gasteiger partial charge in [-0.15, -0.1) is 0 Å². The molecule has 7 heteroatoms. The number of sulfonamides is 1. The Morgan fingerprint density at radius 2 is 1.45 bits per heavy atom. The van der Waals surface area contributed by atoms with Crippen LogP contribution in [0.3, 0.4) is 0 Å². The van der Waals surface area contributed by atoms with Crippen LogP contribution < -0.4 is 14.8 Å². The molecule has 162 valence electrons. The second-order valence-electron chi connectivity index (χ2n) is 7.56. The van der Waals surface area contributed by atoms with Crippen LogP contribution in [-0.2, 0) is 14.8 Å². The third kappa shape index (κ3) is 6.33. The molecule has 0 heterocycles. The molecule has 0 aliphatic carbocycles. The molecule has 0 aliphatic rings. The van der Waals surface area contributed by atoms with E-state index in [-0.39, 0.29) is 17.4 Å². The van der Waals surface area contributed by atoms with E-state index in [2.05, 4.69) is 23.9 Å². The number of hydrogen-bond acceptors (Lipinski definition) is 4. The number of amides is 1. The van der Waals surface area contributed by atoms with E-state index in [9.17, 15) is 13.2 Å². The summed E-state index contributed by atoms with van der Waals surface area (Å²) in [5.41, 5.74) is 3.42. The molecule has 3 aromatic carbocycles. The summed E-state index contributed by atoms with van der Waals surface area (Å²) in [6.45, 7) is 5.96. The Labute approximate surface area is 183 Å². The van der Waals surface area contributed by atoms with Crippen molar-refractivity contribution in [3.63, 3.8) is 0 Å². The highest BCUT2D eigenvalue weighted by Crippen LogP contribution is 2.20. The Kier molecular flexibility index (Phi) is 6.97. The van der Waals surface area contributed by atoms with Crippen molar-refractivity contribution in [2.45, 2.75) is 31.6 Å². The topological polar surface area (TPSA) is 84.5 Å². The Hall–Kier alpha value is -3.32. The van der Waals surface area contributed by atoms with Gasteiger partial charge in [0.15, 0.2) is 6.61 Å². The van der Waals surface area contributed by atoms with E-state index in [1.807, 2.05) is 43.3 Å². The van der Waals surface area contributed by atoms with Crippen molar-refractivity contribution in [3.8, 4) is 5.75 Å². The predicted octanol–water partition coefficient (Wildman–Crippen LogP) is 4.94. The molecule has 0 spiro atoms. The zero-order chi connectivity index (χ0) is 22.4. The van der Waals surface area contributed by atoms with Crippen LogP contribution in [0.5, 0.6) is 5.75 Å². The third-order valence-electron chi connectivity index (χ3n) is 4.67. The minimum atomic E-state index is -3.71. The van der Waals surface area contributed by atoms with Crippen molar-refractivity contribution in [2.24, 2.45) is 0 Å². The van der Waals surface area contributed by atoms with E-state index >= 15 is 0 Å². The molecule has 0 bridgehead atoms. The van der Waals surface area contributed by atoms with Gasteiger partial charge in [-0.05, 0) is 66.9 Å². The fraction of sp³-hybridized carbons (Fsp3) is 0.208. The fourth-order valence-corrected chi connectivity index (χ4v) is 3.91. The molecule has 0 atom stereocenters. The number of hydrogen-bond donors (Lipinski definition) is 2. The number of ether oxygens (including phenoxy) is 1. The molecule has 3 aromatic rings. The molecule has 0 fully saturated rings. The first kappa shape index (κ1) is 22.4. The molecule has 0 unspecified atom stereocenters. The highest BCUT2D eigenvalue weighted by Gasteiger charge is 2.14. The molecule has 3 rings (SSSR count). The van der Waals surface area contributed by atoms with Crippen LogP contribution in [0.4, 0.5) is 11.4 Å². The number of rotatable bonds is 8. The fourth-order valence-electron chi connectivity index (χ4n) is 2.85. The zero-order valence-corrected chi connectivity index (χ0v) is 18.6. The van der Waals surface area contributed by atoms with E-state index in [0.717, 1.165) is 5.56 Å². The second kappa shape index (κ2) is 9.66. The van der Waals surface area contributed by atoms with E-state index in [1.165, 1.54) is 29.8 Å². The number of aryl methyl sites for hydroxylation is 1. The van der Waals surface area contributed by atoms with Crippen LogP contribution >= 0.6 is 0 Å². The highest BCUT2D eigenvalue weighted by atomic mass is 32.2. The van der Waals surface area contributed by atoms with E-state index in [0.29, 0.717) is 23.0 Å². The first-order chi connectivity index (χ1) is 14.7. The van der Waals surface area contributed by atoms with Crippen molar-refractivity contribution in [3.05, 3.63) is 83.9 Å².